The molecule has 0 radical (unpaired) electrons. The van der Waals surface area contributed by atoms with E-state index in [0.717, 1.165) is 0 Å². The smallest absolute Gasteiger partial charge is 0.226 e. The van der Waals surface area contributed by atoms with E-state index in [1.807, 2.05) is 0 Å². The van der Waals surface area contributed by atoms with Crippen LogP contribution in [0.15, 0.2) is 0 Å². The van der Waals surface area contributed by atoms with Crippen LogP contribution >= 0.6 is 12.6 Å². The minimum Gasteiger partial charge on any atom is -0.390 e. The van der Waals surface area contributed by atoms with Gasteiger partial charge in [-0.25, -0.2) is 0 Å². The summed E-state index contributed by atoms with van der Waals surface area (Å²) in [7, 11) is 0. The Morgan fingerprint density at radius 1 is 1.56 bits per heavy atom. The highest BCUT2D eigenvalue weighted by Crippen LogP contribution is 2.33. The topological polar surface area (TPSA) is 86.6 Å². The molecule has 6 heteroatoms. The van der Waals surface area contributed by atoms with E-state index in [-0.39, 0.29) is 5.92 Å². The van der Waals surface area contributed by atoms with Crippen LogP contribution in [0, 0.1) is 11.8 Å². The molecule has 5 nitrogen and oxygen atoms in total. The first-order valence-corrected chi connectivity index (χ1v) is 5.61. The summed E-state index contributed by atoms with van der Waals surface area (Å²) in [5, 5.41) is 21.6. The molecule has 4 unspecified atom stereocenters. The van der Waals surface area contributed by atoms with Crippen molar-refractivity contribution in [2.45, 2.75) is 38.5 Å². The van der Waals surface area contributed by atoms with Gasteiger partial charge >= 0.3 is 0 Å². The van der Waals surface area contributed by atoms with Crippen molar-refractivity contribution in [2.24, 2.45) is 11.8 Å². The zero-order chi connectivity index (χ0) is 12.7. The van der Waals surface area contributed by atoms with Gasteiger partial charge in [0.05, 0.1) is 18.1 Å². The monoisotopic (exact) mass is 247 g/mol. The van der Waals surface area contributed by atoms with E-state index in [9.17, 15) is 19.8 Å². The maximum Gasteiger partial charge on any atom is 0.226 e. The van der Waals surface area contributed by atoms with Crippen LogP contribution in [0.3, 0.4) is 0 Å². The summed E-state index contributed by atoms with van der Waals surface area (Å²) >= 11 is 3.68. The van der Waals surface area contributed by atoms with Gasteiger partial charge in [0.25, 0.3) is 0 Å². The molecule has 0 aromatic rings. The summed E-state index contributed by atoms with van der Waals surface area (Å²) in [6, 6.07) is 0. The molecule has 1 heterocycles. The third kappa shape index (κ3) is 1.74. The molecule has 0 aromatic heterocycles. The van der Waals surface area contributed by atoms with Crippen molar-refractivity contribution in [3.8, 4) is 0 Å². The lowest BCUT2D eigenvalue weighted by molar-refractivity contribution is -0.130. The van der Waals surface area contributed by atoms with E-state index in [4.69, 9.17) is 0 Å². The molecule has 0 aliphatic carbocycles. The first kappa shape index (κ1) is 13.5. The third-order valence-electron chi connectivity index (χ3n) is 3.14. The summed E-state index contributed by atoms with van der Waals surface area (Å²) in [5.74, 6) is -1.46. The summed E-state index contributed by atoms with van der Waals surface area (Å²) in [4.78, 5) is 23.0. The molecule has 3 N–H and O–H groups in total. The average molecular weight is 247 g/mol. The first-order valence-electron chi connectivity index (χ1n) is 5.16. The van der Waals surface area contributed by atoms with Gasteiger partial charge in [0.2, 0.25) is 11.0 Å². The molecule has 1 saturated heterocycles. The van der Waals surface area contributed by atoms with Crippen LogP contribution in [-0.2, 0) is 9.59 Å². The van der Waals surface area contributed by atoms with Crippen LogP contribution in [0.25, 0.3) is 0 Å². The Hall–Kier alpha value is -0.590. The molecule has 1 rings (SSSR count). The number of hydrogen-bond acceptors (Lipinski definition) is 4. The van der Waals surface area contributed by atoms with Gasteiger partial charge in [-0.05, 0) is 5.92 Å². The molecular formula is C10H17NO4S. The van der Waals surface area contributed by atoms with Crippen molar-refractivity contribution < 1.29 is 19.8 Å². The van der Waals surface area contributed by atoms with E-state index in [0.29, 0.717) is 0 Å². The molecule has 16 heavy (non-hydrogen) atoms. The number of aliphatic hydroxyl groups excluding tert-OH is 2. The van der Waals surface area contributed by atoms with Gasteiger partial charge in [-0.2, -0.15) is 0 Å². The lowest BCUT2D eigenvalue weighted by atomic mass is 9.81. The zero-order valence-corrected chi connectivity index (χ0v) is 10.4. The number of aliphatic hydroxyl groups is 2. The highest BCUT2D eigenvalue weighted by molar-refractivity contribution is 7.96. The second kappa shape index (κ2) is 4.35. The van der Waals surface area contributed by atoms with Crippen LogP contribution in [-0.4, -0.2) is 39.0 Å². The first-order chi connectivity index (χ1) is 7.25. The van der Waals surface area contributed by atoms with Gasteiger partial charge in [0.15, 0.2) is 5.54 Å². The van der Waals surface area contributed by atoms with Crippen LogP contribution in [0.1, 0.15) is 20.8 Å². The maximum absolute atomic E-state index is 11.5. The molecule has 1 fully saturated rings. The average Bonchev–Trinajstić information content (AvgIpc) is 2.42. The van der Waals surface area contributed by atoms with Crippen molar-refractivity contribution in [3.63, 3.8) is 0 Å². The highest BCUT2D eigenvalue weighted by atomic mass is 32.1. The minimum absolute atomic E-state index is 0.281. The van der Waals surface area contributed by atoms with Crippen LogP contribution in [0.2, 0.25) is 0 Å². The Labute approximate surface area is 99.6 Å². The lowest BCUT2D eigenvalue weighted by Gasteiger charge is -2.36. The third-order valence-corrected chi connectivity index (χ3v) is 3.51. The van der Waals surface area contributed by atoms with Gasteiger partial charge in [0.1, 0.15) is 0 Å². The molecule has 0 aromatic carbocycles. The molecule has 92 valence electrons. The number of nitrogens with one attached hydrogen (secondary N) is 1. The van der Waals surface area contributed by atoms with Crippen LogP contribution < -0.4 is 5.32 Å². The SMILES string of the molecule is CC(C)C(O)C1(C(=O)S)NC(=O)C(C)C1O. The Morgan fingerprint density at radius 2 is 2.06 bits per heavy atom. The second-order valence-corrected chi connectivity index (χ2v) is 4.99. The summed E-state index contributed by atoms with van der Waals surface area (Å²) in [6.07, 6.45) is -2.43. The molecule has 4 atom stereocenters. The number of rotatable bonds is 3. The number of carbonyl (C=O) groups is 2. The molecule has 0 spiro atoms. The summed E-state index contributed by atoms with van der Waals surface area (Å²) in [5.41, 5.74) is -1.69. The van der Waals surface area contributed by atoms with E-state index < -0.39 is 34.7 Å². The standard InChI is InChI=1S/C10H17NO4S/c1-4(2)6(12)10(9(15)16)7(13)5(3)8(14)11-10/h4-7,12-13H,1-3H3,(H,11,14)(H,15,16). The Kier molecular flexibility index (Phi) is 3.66. The predicted molar refractivity (Wildman–Crippen MR) is 60.9 cm³/mol. The zero-order valence-electron chi connectivity index (χ0n) is 9.47. The van der Waals surface area contributed by atoms with E-state index in [1.165, 1.54) is 6.92 Å². The predicted octanol–water partition coefficient (Wildman–Crippen LogP) is -0.675. The Bertz CT molecular complexity index is 320. The van der Waals surface area contributed by atoms with Gasteiger partial charge < -0.3 is 15.5 Å². The molecule has 1 amide bonds. The minimum atomic E-state index is -1.69. The quantitative estimate of drug-likeness (QED) is 0.498. The number of amides is 1. The summed E-state index contributed by atoms with van der Waals surface area (Å²) in [6.45, 7) is 4.90. The van der Waals surface area contributed by atoms with E-state index in [1.54, 1.807) is 13.8 Å². The van der Waals surface area contributed by atoms with Crippen LogP contribution in [0.5, 0.6) is 0 Å². The maximum atomic E-state index is 11.5. The van der Waals surface area contributed by atoms with Gasteiger partial charge in [-0.3, -0.25) is 9.59 Å². The second-order valence-electron chi connectivity index (χ2n) is 4.59. The molecule has 0 bridgehead atoms. The number of hydrogen-bond donors (Lipinski definition) is 4. The fraction of sp³-hybridized carbons (Fsp3) is 0.800. The molecule has 1 aliphatic rings. The Balaban J connectivity index is 3.18. The van der Waals surface area contributed by atoms with Gasteiger partial charge in [-0.1, -0.05) is 20.8 Å². The normalized spacial score (nSPS) is 36.3. The van der Waals surface area contributed by atoms with Gasteiger partial charge in [-0.15, -0.1) is 12.6 Å². The largest absolute Gasteiger partial charge is 0.390 e. The Morgan fingerprint density at radius 3 is 2.31 bits per heavy atom. The summed E-state index contributed by atoms with van der Waals surface area (Å²) < 4.78 is 0. The van der Waals surface area contributed by atoms with Crippen molar-refractivity contribution in [1.82, 2.24) is 5.32 Å². The highest BCUT2D eigenvalue weighted by Gasteiger charge is 2.59. The fourth-order valence-corrected chi connectivity index (χ4v) is 2.33. The van der Waals surface area contributed by atoms with Gasteiger partial charge in [0, 0.05) is 0 Å². The van der Waals surface area contributed by atoms with E-state index in [2.05, 4.69) is 17.9 Å². The number of thiol groups is 1. The van der Waals surface area contributed by atoms with Crippen molar-refractivity contribution >= 4 is 23.7 Å². The molecule has 1 aliphatic heterocycles. The lowest BCUT2D eigenvalue weighted by Crippen LogP contribution is -2.63. The molecular weight excluding hydrogens is 230 g/mol. The molecule has 0 saturated carbocycles. The van der Waals surface area contributed by atoms with E-state index >= 15 is 0 Å². The van der Waals surface area contributed by atoms with Crippen molar-refractivity contribution in [3.05, 3.63) is 0 Å². The van der Waals surface area contributed by atoms with Crippen molar-refractivity contribution in [1.29, 1.82) is 0 Å². The number of carbonyl (C=O) groups excluding carboxylic acids is 2. The van der Waals surface area contributed by atoms with Crippen molar-refractivity contribution in [2.75, 3.05) is 0 Å². The van der Waals surface area contributed by atoms with Crippen LogP contribution in [0.4, 0.5) is 0 Å². The fourth-order valence-electron chi connectivity index (χ4n) is 2.01.